The fraction of sp³-hybridized carbons (Fsp3) is 0.188. The third kappa shape index (κ3) is 7.84. The van der Waals surface area contributed by atoms with Crippen LogP contribution in [0, 0.1) is 34.0 Å². The van der Waals surface area contributed by atoms with Gasteiger partial charge in [-0.3, -0.25) is 0 Å². The number of alkyl halides is 15. The molecule has 1 aromatic heterocycles. The first-order chi connectivity index (χ1) is 29.1. The molecule has 6 N–H and O–H groups in total. The van der Waals surface area contributed by atoms with Gasteiger partial charge in [-0.1, -0.05) is 0 Å². The molecule has 1 aromatic rings. The van der Waals surface area contributed by atoms with Gasteiger partial charge in [0.1, 0.15) is 40.6 Å². The zero-order valence-electron chi connectivity index (χ0n) is 29.8. The van der Waals surface area contributed by atoms with Crippen LogP contribution in [-0.2, 0) is 0 Å². The van der Waals surface area contributed by atoms with Gasteiger partial charge >= 0.3 is 30.9 Å². The van der Waals surface area contributed by atoms with E-state index in [2.05, 4.69) is 40.3 Å². The smallest absolute Gasteiger partial charge is 0.339 e. The zero-order chi connectivity index (χ0) is 46.4. The van der Waals surface area contributed by atoms with E-state index >= 15 is 0 Å². The lowest BCUT2D eigenvalue weighted by atomic mass is 10.0. The molecule has 16 nitrogen and oxygen atoms in total. The van der Waals surface area contributed by atoms with Gasteiger partial charge in [0.05, 0.1) is 11.4 Å². The first kappa shape index (κ1) is 42.9. The Morgan fingerprint density at radius 1 is 0.413 bits per heavy atom. The molecule has 0 radical (unpaired) electrons. The number of fused-ring (bicyclic) bond motifs is 3. The van der Waals surface area contributed by atoms with Crippen molar-refractivity contribution < 1.29 is 65.9 Å². The van der Waals surface area contributed by atoms with Crippen LogP contribution < -0.4 is 31.9 Å². The van der Waals surface area contributed by atoms with Crippen LogP contribution in [0.2, 0.25) is 0 Å². The Balaban J connectivity index is 1.42. The van der Waals surface area contributed by atoms with E-state index in [0.29, 0.717) is 0 Å². The lowest BCUT2D eigenvalue weighted by molar-refractivity contribution is -0.120. The zero-order valence-corrected chi connectivity index (χ0v) is 29.8. The van der Waals surface area contributed by atoms with Crippen molar-refractivity contribution in [1.82, 2.24) is 36.9 Å². The van der Waals surface area contributed by atoms with Crippen LogP contribution in [0.4, 0.5) is 65.9 Å². The summed E-state index contributed by atoms with van der Waals surface area (Å²) in [7, 11) is 0. The first-order valence-corrected chi connectivity index (χ1v) is 16.3. The van der Waals surface area contributed by atoms with Crippen molar-refractivity contribution in [3.8, 4) is 18.2 Å². The number of aliphatic imine (C=N–C) groups is 6. The van der Waals surface area contributed by atoms with Crippen molar-refractivity contribution in [2.24, 2.45) is 30.0 Å². The summed E-state index contributed by atoms with van der Waals surface area (Å²) in [6, 6.07) is 6.24. The van der Waals surface area contributed by atoms with Gasteiger partial charge < -0.3 is 31.9 Å². The van der Waals surface area contributed by atoms with Crippen LogP contribution in [0.15, 0.2) is 93.7 Å². The number of halogens is 15. The number of pyridine rings is 1. The van der Waals surface area contributed by atoms with Crippen LogP contribution in [0.1, 0.15) is 23.9 Å². The molecule has 0 unspecified atom stereocenters. The van der Waals surface area contributed by atoms with Crippen molar-refractivity contribution in [1.29, 1.82) is 15.8 Å². The van der Waals surface area contributed by atoms with Crippen LogP contribution >= 0.6 is 0 Å². The minimum absolute atomic E-state index is 0.366. The summed E-state index contributed by atoms with van der Waals surface area (Å²) in [6.07, 6.45) is -27.6. The van der Waals surface area contributed by atoms with E-state index in [4.69, 9.17) is 0 Å². The minimum Gasteiger partial charge on any atom is -0.339 e. The molecule has 6 aliphatic heterocycles. The molecular formula is C32H11F15N16. The highest BCUT2D eigenvalue weighted by Gasteiger charge is 2.52. The first-order valence-electron chi connectivity index (χ1n) is 16.3. The number of nitriles is 3. The van der Waals surface area contributed by atoms with Crippen molar-refractivity contribution in [3.63, 3.8) is 0 Å². The fourth-order valence-corrected chi connectivity index (χ4v) is 5.81. The van der Waals surface area contributed by atoms with Gasteiger partial charge in [0, 0.05) is 11.3 Å². The van der Waals surface area contributed by atoms with E-state index in [-0.39, 0.29) is 5.84 Å². The Morgan fingerprint density at radius 3 is 0.937 bits per heavy atom. The number of nitrogens with one attached hydrogen (secondary N) is 6. The summed E-state index contributed by atoms with van der Waals surface area (Å²) in [6.45, 7) is 1.01. The second-order valence-electron chi connectivity index (χ2n) is 12.6. The van der Waals surface area contributed by atoms with Crippen molar-refractivity contribution in [2.45, 2.75) is 37.8 Å². The number of nitrogens with zero attached hydrogens (tertiary/aromatic N) is 10. The van der Waals surface area contributed by atoms with Crippen LogP contribution in [0.5, 0.6) is 0 Å². The van der Waals surface area contributed by atoms with E-state index in [1.165, 1.54) is 27.3 Å². The van der Waals surface area contributed by atoms with Crippen LogP contribution in [0.3, 0.4) is 0 Å². The third-order valence-electron chi connectivity index (χ3n) is 8.43. The molecule has 0 saturated heterocycles. The van der Waals surface area contributed by atoms with Crippen LogP contribution in [-0.4, -0.2) is 70.9 Å². The second-order valence-corrected chi connectivity index (χ2v) is 12.6. The van der Waals surface area contributed by atoms with E-state index in [9.17, 15) is 81.6 Å². The Bertz CT molecular complexity index is 2620. The van der Waals surface area contributed by atoms with Gasteiger partial charge in [-0.15, -0.1) is 0 Å². The number of rotatable bonds is 3. The Labute approximate surface area is 337 Å². The van der Waals surface area contributed by atoms with Gasteiger partial charge in [0.15, 0.2) is 75.3 Å². The Morgan fingerprint density at radius 2 is 0.667 bits per heavy atom. The lowest BCUT2D eigenvalue weighted by Crippen LogP contribution is -2.51. The topological polar surface area (TPSA) is 231 Å². The SMILES string of the molecule is CC1=C(C(F)(F)F)NC2=N/C(=C(/C#N)c3cc(C(C#N)=C4N=C5NC(C(F)(F)F)=C(C(F)(F)F)NC5=N4)cc(C(C#N)=C4N=C5NC(C(F)(F)F)=C(C(F)(F)F)NC5=N4)n3)N=C2N1. The molecule has 0 aliphatic carbocycles. The monoisotopic (exact) mass is 904 g/mol. The third-order valence-corrected chi connectivity index (χ3v) is 8.43. The molecular weight excluding hydrogens is 893 g/mol. The molecule has 63 heavy (non-hydrogen) atoms. The van der Waals surface area contributed by atoms with E-state index < -0.39 is 145 Å². The molecule has 31 heteroatoms. The lowest BCUT2D eigenvalue weighted by Gasteiger charge is -2.26. The Kier molecular flexibility index (Phi) is 9.68. The maximum absolute atomic E-state index is 13.7. The van der Waals surface area contributed by atoms with Crippen molar-refractivity contribution in [2.75, 3.05) is 0 Å². The largest absolute Gasteiger partial charge is 0.433 e. The summed E-state index contributed by atoms with van der Waals surface area (Å²) in [5, 5.41) is 40.9. The molecule has 0 fully saturated rings. The van der Waals surface area contributed by atoms with E-state index in [0.717, 1.165) is 19.1 Å². The molecule has 0 amide bonds. The highest BCUT2D eigenvalue weighted by molar-refractivity contribution is 6.45. The molecule has 6 aliphatic rings. The summed E-state index contributed by atoms with van der Waals surface area (Å²) in [5.74, 6) is -7.47. The summed E-state index contributed by atoms with van der Waals surface area (Å²) >= 11 is 0. The molecule has 0 atom stereocenters. The number of allylic oxidation sites excluding steroid dienone is 9. The summed E-state index contributed by atoms with van der Waals surface area (Å²) < 4.78 is 205. The van der Waals surface area contributed by atoms with Gasteiger partial charge in [-0.2, -0.15) is 81.6 Å². The minimum atomic E-state index is -5.66. The normalized spacial score (nSPS) is 19.4. The van der Waals surface area contributed by atoms with Gasteiger partial charge in [0.25, 0.3) is 0 Å². The van der Waals surface area contributed by atoms with E-state index in [1.54, 1.807) is 12.1 Å². The number of aromatic nitrogens is 1. The second kappa shape index (κ2) is 14.2. The van der Waals surface area contributed by atoms with Crippen molar-refractivity contribution >= 4 is 51.7 Å². The number of hydrogen-bond acceptors (Lipinski definition) is 16. The van der Waals surface area contributed by atoms with Gasteiger partial charge in [-0.05, 0) is 19.1 Å². The molecule has 324 valence electrons. The van der Waals surface area contributed by atoms with Gasteiger partial charge in [-0.25, -0.2) is 34.9 Å². The maximum atomic E-state index is 13.7. The molecule has 7 rings (SSSR count). The highest BCUT2D eigenvalue weighted by Crippen LogP contribution is 2.39. The number of hydrogen-bond donors (Lipinski definition) is 6. The molecule has 0 aromatic carbocycles. The van der Waals surface area contributed by atoms with Crippen LogP contribution in [0.25, 0.3) is 16.7 Å². The molecule has 0 bridgehead atoms. The fourth-order valence-electron chi connectivity index (χ4n) is 5.81. The average Bonchev–Trinajstić information content (AvgIpc) is 3.88. The van der Waals surface area contributed by atoms with Crippen molar-refractivity contribution in [3.05, 3.63) is 80.7 Å². The standard InChI is InChI=1S/C32H11F15N16/c1-7-14(28(33,34)35)53-23-22(51-7)60-20(61-23)10(5-49)12-2-8(9(4-48)19-58-24-25(59-19)55-16(30(39,40)41)15(54-24)29(36,37)38)3-13(52-12)11(6-50)21-62-26-27(63-21)57-18(32(45,46)47)17(56-26)31(42,43)44/h2-3H,1H3,(H,51,60)(H,53,61)(H,54,58)(H,55,59)(H,56,62)(H,57,63)/b20-10-. The van der Waals surface area contributed by atoms with Gasteiger partial charge in [0.2, 0.25) is 0 Å². The predicted molar refractivity (Wildman–Crippen MR) is 182 cm³/mol. The maximum Gasteiger partial charge on any atom is 0.433 e. The quantitative estimate of drug-likeness (QED) is 0.173. The highest BCUT2D eigenvalue weighted by atomic mass is 19.4. The average molecular weight is 905 g/mol. The predicted octanol–water partition coefficient (Wildman–Crippen LogP) is 5.13. The Hall–Kier alpha value is -8.17. The summed E-state index contributed by atoms with van der Waals surface area (Å²) in [5.41, 5.74) is -15.8. The number of amidine groups is 6. The summed E-state index contributed by atoms with van der Waals surface area (Å²) in [4.78, 5) is 26.6. The molecule has 7 heterocycles. The molecule has 0 saturated carbocycles. The molecule has 0 spiro atoms. The van der Waals surface area contributed by atoms with E-state index in [1.807, 2.05) is 5.32 Å².